The highest BCUT2D eigenvalue weighted by atomic mass is 19.2. The van der Waals surface area contributed by atoms with Gasteiger partial charge in [0.05, 0.1) is 0 Å². The van der Waals surface area contributed by atoms with Gasteiger partial charge in [-0.05, 0) is 79.4 Å². The maximum absolute atomic E-state index is 13.5. The lowest BCUT2D eigenvalue weighted by Gasteiger charge is -2.36. The van der Waals surface area contributed by atoms with Crippen LogP contribution >= 0.6 is 0 Å². The highest BCUT2D eigenvalue weighted by Gasteiger charge is 2.29. The zero-order valence-electron chi connectivity index (χ0n) is 17.0. The molecule has 0 radical (unpaired) electrons. The average Bonchev–Trinajstić information content (AvgIpc) is 2.67. The molecule has 152 valence electrons. The lowest BCUT2D eigenvalue weighted by Crippen LogP contribution is -2.23. The minimum atomic E-state index is -1.35. The molecule has 1 atom stereocenters. The fourth-order valence-electron chi connectivity index (χ4n) is 5.71. The van der Waals surface area contributed by atoms with Gasteiger partial charge in [-0.1, -0.05) is 52.4 Å². The van der Waals surface area contributed by atoms with Crippen LogP contribution in [0.15, 0.2) is 12.1 Å². The second kappa shape index (κ2) is 9.47. The van der Waals surface area contributed by atoms with Crippen molar-refractivity contribution in [2.75, 3.05) is 0 Å². The molecule has 3 heteroatoms. The maximum Gasteiger partial charge on any atom is 0.194 e. The Hall–Kier alpha value is -0.990. The molecule has 1 aromatic carbocycles. The summed E-state index contributed by atoms with van der Waals surface area (Å²) in [6.45, 7) is 4.69. The maximum atomic E-state index is 13.5. The number of hydrogen-bond donors (Lipinski definition) is 0. The normalized spacial score (nSPS) is 30.3. The summed E-state index contributed by atoms with van der Waals surface area (Å²) >= 11 is 0. The summed E-state index contributed by atoms with van der Waals surface area (Å²) < 4.78 is 40.2. The van der Waals surface area contributed by atoms with E-state index >= 15 is 0 Å². The fraction of sp³-hybridized carbons (Fsp3) is 0.750. The molecule has 0 amide bonds. The molecule has 0 aliphatic heterocycles. The van der Waals surface area contributed by atoms with E-state index in [1.54, 1.807) is 0 Å². The van der Waals surface area contributed by atoms with Crippen molar-refractivity contribution >= 4 is 0 Å². The van der Waals surface area contributed by atoms with Crippen LogP contribution in [0, 0.1) is 41.1 Å². The van der Waals surface area contributed by atoms with Gasteiger partial charge in [-0.3, -0.25) is 0 Å². The molecule has 2 aliphatic carbocycles. The Morgan fingerprint density at radius 3 is 1.96 bits per heavy atom. The minimum Gasteiger partial charge on any atom is -0.204 e. The molecular formula is C24H35F3. The molecule has 2 saturated carbocycles. The van der Waals surface area contributed by atoms with E-state index in [0.717, 1.165) is 49.4 Å². The average molecular weight is 381 g/mol. The van der Waals surface area contributed by atoms with Gasteiger partial charge in [0.2, 0.25) is 0 Å². The quantitative estimate of drug-likeness (QED) is 0.438. The molecule has 0 N–H and O–H groups in total. The Morgan fingerprint density at radius 1 is 0.852 bits per heavy atom. The summed E-state index contributed by atoms with van der Waals surface area (Å²) in [7, 11) is 0. The minimum absolute atomic E-state index is 0.169. The van der Waals surface area contributed by atoms with Gasteiger partial charge in [-0.25, -0.2) is 13.2 Å². The van der Waals surface area contributed by atoms with Crippen LogP contribution in [0.25, 0.3) is 0 Å². The summed E-state index contributed by atoms with van der Waals surface area (Å²) in [6.07, 6.45) is 13.9. The van der Waals surface area contributed by atoms with E-state index in [-0.39, 0.29) is 5.92 Å². The number of halogens is 3. The molecular weight excluding hydrogens is 345 g/mol. The van der Waals surface area contributed by atoms with Crippen LogP contribution in [0.4, 0.5) is 13.2 Å². The smallest absolute Gasteiger partial charge is 0.194 e. The molecule has 0 bridgehead atoms. The predicted molar refractivity (Wildman–Crippen MR) is 105 cm³/mol. The van der Waals surface area contributed by atoms with Crippen molar-refractivity contribution in [2.45, 2.75) is 90.4 Å². The predicted octanol–water partition coefficient (Wildman–Crippen LogP) is 8.01. The Labute approximate surface area is 162 Å². The Kier molecular flexibility index (Phi) is 7.28. The third-order valence-corrected chi connectivity index (χ3v) is 7.42. The van der Waals surface area contributed by atoms with Gasteiger partial charge in [0.25, 0.3) is 0 Å². The van der Waals surface area contributed by atoms with E-state index in [2.05, 4.69) is 13.8 Å². The van der Waals surface area contributed by atoms with Gasteiger partial charge in [0.1, 0.15) is 0 Å². The van der Waals surface area contributed by atoms with Gasteiger partial charge in [-0.15, -0.1) is 0 Å². The molecule has 3 rings (SSSR count). The Morgan fingerprint density at radius 2 is 1.41 bits per heavy atom. The van der Waals surface area contributed by atoms with E-state index < -0.39 is 17.5 Å². The van der Waals surface area contributed by atoms with Gasteiger partial charge in [-0.2, -0.15) is 0 Å². The van der Waals surface area contributed by atoms with Crippen molar-refractivity contribution in [2.24, 2.45) is 23.7 Å². The van der Waals surface area contributed by atoms with E-state index in [1.165, 1.54) is 57.1 Å². The highest BCUT2D eigenvalue weighted by molar-refractivity contribution is 5.23. The summed E-state index contributed by atoms with van der Waals surface area (Å²) in [5.41, 5.74) is 0.631. The SMILES string of the molecule is CCCC1CCC(CC(C)C2CCC(c3cc(F)c(F)c(F)c3)CC2)CC1. The molecule has 2 fully saturated rings. The van der Waals surface area contributed by atoms with E-state index in [4.69, 9.17) is 0 Å². The number of hydrogen-bond acceptors (Lipinski definition) is 0. The van der Waals surface area contributed by atoms with Crippen molar-refractivity contribution in [3.05, 3.63) is 35.1 Å². The standard InChI is InChI=1S/C24H35F3/c1-3-4-17-5-7-18(8-6-17)13-16(2)19-9-11-20(12-10-19)21-14-22(25)24(27)23(26)15-21/h14-20H,3-13H2,1-2H3. The lowest BCUT2D eigenvalue weighted by atomic mass is 9.70. The zero-order chi connectivity index (χ0) is 19.4. The zero-order valence-corrected chi connectivity index (χ0v) is 17.0. The third-order valence-electron chi connectivity index (χ3n) is 7.42. The van der Waals surface area contributed by atoms with Crippen molar-refractivity contribution < 1.29 is 13.2 Å². The van der Waals surface area contributed by atoms with Crippen LogP contribution in [0.1, 0.15) is 96.0 Å². The van der Waals surface area contributed by atoms with E-state index in [1.807, 2.05) is 0 Å². The van der Waals surface area contributed by atoms with Gasteiger partial charge < -0.3 is 0 Å². The van der Waals surface area contributed by atoms with Gasteiger partial charge in [0, 0.05) is 0 Å². The molecule has 0 nitrogen and oxygen atoms in total. The van der Waals surface area contributed by atoms with Crippen molar-refractivity contribution in [1.29, 1.82) is 0 Å². The van der Waals surface area contributed by atoms with Crippen LogP contribution in [0.2, 0.25) is 0 Å². The van der Waals surface area contributed by atoms with Crippen LogP contribution in [0.3, 0.4) is 0 Å². The summed E-state index contributed by atoms with van der Waals surface area (Å²) in [4.78, 5) is 0. The van der Waals surface area contributed by atoms with Gasteiger partial charge >= 0.3 is 0 Å². The Balaban J connectivity index is 1.46. The third kappa shape index (κ3) is 5.29. The first-order valence-electron chi connectivity index (χ1n) is 11.1. The highest BCUT2D eigenvalue weighted by Crippen LogP contribution is 2.42. The first-order valence-corrected chi connectivity index (χ1v) is 11.1. The molecule has 0 spiro atoms. The molecule has 2 aliphatic rings. The van der Waals surface area contributed by atoms with Crippen LogP contribution in [-0.4, -0.2) is 0 Å². The van der Waals surface area contributed by atoms with Gasteiger partial charge in [0.15, 0.2) is 17.5 Å². The van der Waals surface area contributed by atoms with Crippen molar-refractivity contribution in [3.8, 4) is 0 Å². The molecule has 0 aromatic heterocycles. The first-order chi connectivity index (χ1) is 13.0. The summed E-state index contributed by atoms with van der Waals surface area (Å²) in [5.74, 6) is 0.0281. The fourth-order valence-corrected chi connectivity index (χ4v) is 5.71. The summed E-state index contributed by atoms with van der Waals surface area (Å²) in [5, 5.41) is 0. The molecule has 1 unspecified atom stereocenters. The topological polar surface area (TPSA) is 0 Å². The lowest BCUT2D eigenvalue weighted by molar-refractivity contribution is 0.176. The van der Waals surface area contributed by atoms with Crippen LogP contribution < -0.4 is 0 Å². The number of rotatable bonds is 6. The van der Waals surface area contributed by atoms with Crippen molar-refractivity contribution in [1.82, 2.24) is 0 Å². The molecule has 1 aromatic rings. The molecule has 27 heavy (non-hydrogen) atoms. The molecule has 0 heterocycles. The number of benzene rings is 1. The monoisotopic (exact) mass is 380 g/mol. The van der Waals surface area contributed by atoms with Crippen molar-refractivity contribution in [3.63, 3.8) is 0 Å². The van der Waals surface area contributed by atoms with Crippen LogP contribution in [0.5, 0.6) is 0 Å². The largest absolute Gasteiger partial charge is 0.204 e. The second-order valence-corrected chi connectivity index (χ2v) is 9.30. The van der Waals surface area contributed by atoms with E-state index in [9.17, 15) is 13.2 Å². The summed E-state index contributed by atoms with van der Waals surface area (Å²) in [6, 6.07) is 2.39. The second-order valence-electron chi connectivity index (χ2n) is 9.30. The molecule has 0 saturated heterocycles. The van der Waals surface area contributed by atoms with E-state index in [0.29, 0.717) is 5.56 Å². The Bertz CT molecular complexity index is 573. The first kappa shape index (κ1) is 20.7. The van der Waals surface area contributed by atoms with Crippen LogP contribution in [-0.2, 0) is 0 Å².